The molecule has 0 aliphatic rings. The van der Waals surface area contributed by atoms with Crippen LogP contribution in [0.15, 0.2) is 29.6 Å². The summed E-state index contributed by atoms with van der Waals surface area (Å²) in [7, 11) is 0. The third-order valence-corrected chi connectivity index (χ3v) is 2.98. The summed E-state index contributed by atoms with van der Waals surface area (Å²) in [6, 6.07) is 4.53. The van der Waals surface area contributed by atoms with Crippen LogP contribution in [0.2, 0.25) is 0 Å². The molecule has 0 saturated heterocycles. The average molecular weight is 238 g/mol. The van der Waals surface area contributed by atoms with Crippen molar-refractivity contribution in [2.24, 2.45) is 0 Å². The van der Waals surface area contributed by atoms with Gasteiger partial charge in [0, 0.05) is 27.5 Å². The number of thiophene rings is 1. The zero-order valence-corrected chi connectivity index (χ0v) is 9.28. The molecule has 0 unspecified atom stereocenters. The molecular weight excluding hydrogens is 230 g/mol. The van der Waals surface area contributed by atoms with E-state index in [4.69, 9.17) is 0 Å². The maximum Gasteiger partial charge on any atom is 0.194 e. The van der Waals surface area contributed by atoms with Gasteiger partial charge in [0.05, 0.1) is 0 Å². The number of ketones is 1. The van der Waals surface area contributed by atoms with Crippen LogP contribution in [0.3, 0.4) is 0 Å². The Labute approximate surface area is 95.4 Å². The molecule has 0 atom stereocenters. The Balaban J connectivity index is 2.41. The largest absolute Gasteiger partial charge is 0.289 e. The minimum Gasteiger partial charge on any atom is -0.289 e. The number of carbonyl (C=O) groups excluding carboxylic acids is 1. The topological polar surface area (TPSA) is 17.1 Å². The lowest BCUT2D eigenvalue weighted by atomic mass is 10.1. The van der Waals surface area contributed by atoms with Gasteiger partial charge in [-0.2, -0.15) is 0 Å². The van der Waals surface area contributed by atoms with Gasteiger partial charge in [0.15, 0.2) is 5.78 Å². The van der Waals surface area contributed by atoms with Crippen molar-refractivity contribution < 1.29 is 13.6 Å². The summed E-state index contributed by atoms with van der Waals surface area (Å²) in [6.45, 7) is 1.87. The summed E-state index contributed by atoms with van der Waals surface area (Å²) in [6.07, 6.45) is 0. The van der Waals surface area contributed by atoms with Crippen LogP contribution in [0, 0.1) is 18.6 Å². The molecule has 0 amide bonds. The first-order valence-corrected chi connectivity index (χ1v) is 5.50. The predicted octanol–water partition coefficient (Wildman–Crippen LogP) is 3.57. The first kappa shape index (κ1) is 11.0. The average Bonchev–Trinajstić information content (AvgIpc) is 2.62. The normalized spacial score (nSPS) is 10.4. The molecule has 0 bridgehead atoms. The summed E-state index contributed by atoms with van der Waals surface area (Å²) in [4.78, 5) is 12.8. The number of aryl methyl sites for hydroxylation is 1. The van der Waals surface area contributed by atoms with E-state index in [-0.39, 0.29) is 11.3 Å². The van der Waals surface area contributed by atoms with E-state index in [0.717, 1.165) is 23.1 Å². The molecule has 2 rings (SSSR count). The first-order chi connectivity index (χ1) is 7.56. The second-order valence-corrected chi connectivity index (χ2v) is 4.55. The van der Waals surface area contributed by atoms with Crippen molar-refractivity contribution in [2.45, 2.75) is 6.92 Å². The molecule has 4 heteroatoms. The van der Waals surface area contributed by atoms with Gasteiger partial charge in [0.1, 0.15) is 11.6 Å². The van der Waals surface area contributed by atoms with Crippen LogP contribution >= 0.6 is 11.3 Å². The molecule has 82 valence electrons. The lowest BCUT2D eigenvalue weighted by Gasteiger charge is -1.99. The number of hydrogen-bond acceptors (Lipinski definition) is 2. The van der Waals surface area contributed by atoms with Gasteiger partial charge in [-0.15, -0.1) is 11.3 Å². The van der Waals surface area contributed by atoms with Gasteiger partial charge in [-0.1, -0.05) is 0 Å². The molecule has 0 spiro atoms. The van der Waals surface area contributed by atoms with Crippen LogP contribution in [0.5, 0.6) is 0 Å². The van der Waals surface area contributed by atoms with Crippen LogP contribution in [0.1, 0.15) is 20.8 Å². The van der Waals surface area contributed by atoms with E-state index >= 15 is 0 Å². The zero-order valence-electron chi connectivity index (χ0n) is 8.46. The second kappa shape index (κ2) is 4.14. The van der Waals surface area contributed by atoms with Gasteiger partial charge >= 0.3 is 0 Å². The number of hydrogen-bond donors (Lipinski definition) is 0. The Kier molecular flexibility index (Phi) is 2.83. The lowest BCUT2D eigenvalue weighted by Crippen LogP contribution is -2.01. The Morgan fingerprint density at radius 1 is 1.06 bits per heavy atom. The molecule has 1 aromatic heterocycles. The molecule has 0 fully saturated rings. The highest BCUT2D eigenvalue weighted by molar-refractivity contribution is 7.10. The van der Waals surface area contributed by atoms with Gasteiger partial charge in [-0.25, -0.2) is 8.78 Å². The van der Waals surface area contributed by atoms with Gasteiger partial charge in [-0.3, -0.25) is 4.79 Å². The second-order valence-electron chi connectivity index (χ2n) is 3.43. The van der Waals surface area contributed by atoms with Crippen molar-refractivity contribution >= 4 is 17.1 Å². The summed E-state index contributed by atoms with van der Waals surface area (Å²) in [5.74, 6) is -1.84. The number of rotatable bonds is 2. The zero-order chi connectivity index (χ0) is 11.7. The highest BCUT2D eigenvalue weighted by Crippen LogP contribution is 2.18. The van der Waals surface area contributed by atoms with E-state index in [9.17, 15) is 13.6 Å². The van der Waals surface area contributed by atoms with Crippen LogP contribution < -0.4 is 0 Å². The molecule has 0 aliphatic heterocycles. The Morgan fingerprint density at radius 2 is 1.69 bits per heavy atom. The number of benzene rings is 1. The molecule has 0 aliphatic carbocycles. The summed E-state index contributed by atoms with van der Waals surface area (Å²) < 4.78 is 25.8. The van der Waals surface area contributed by atoms with Crippen LogP contribution in [0.4, 0.5) is 8.78 Å². The summed E-state index contributed by atoms with van der Waals surface area (Å²) in [5.41, 5.74) is 0.503. The Hall–Kier alpha value is -1.55. The first-order valence-electron chi connectivity index (χ1n) is 4.62. The van der Waals surface area contributed by atoms with Crippen molar-refractivity contribution in [1.29, 1.82) is 0 Å². The maximum atomic E-state index is 12.9. The van der Waals surface area contributed by atoms with Gasteiger partial charge in [0.2, 0.25) is 0 Å². The molecule has 1 aromatic carbocycles. The van der Waals surface area contributed by atoms with Crippen LogP contribution in [0.25, 0.3) is 0 Å². The van der Waals surface area contributed by atoms with Gasteiger partial charge < -0.3 is 0 Å². The lowest BCUT2D eigenvalue weighted by molar-refractivity contribution is 0.103. The molecule has 2 aromatic rings. The highest BCUT2D eigenvalue weighted by atomic mass is 32.1. The monoisotopic (exact) mass is 238 g/mol. The molecule has 1 nitrogen and oxygen atoms in total. The Morgan fingerprint density at radius 3 is 2.19 bits per heavy atom. The third-order valence-electron chi connectivity index (χ3n) is 2.12. The highest BCUT2D eigenvalue weighted by Gasteiger charge is 2.12. The fourth-order valence-electron chi connectivity index (χ4n) is 1.41. The standard InChI is InChI=1S/C12H8F2OS/c1-7-2-9(6-16-7)12(15)8-3-10(13)5-11(14)4-8/h2-6H,1H3. The van der Waals surface area contributed by atoms with E-state index in [1.54, 1.807) is 11.4 Å². The molecular formula is C12H8F2OS. The number of carbonyl (C=O) groups is 1. The third kappa shape index (κ3) is 2.17. The van der Waals surface area contributed by atoms with Crippen LogP contribution in [-0.4, -0.2) is 5.78 Å². The van der Waals surface area contributed by atoms with E-state index in [2.05, 4.69) is 0 Å². The SMILES string of the molecule is Cc1cc(C(=O)c2cc(F)cc(F)c2)cs1. The quantitative estimate of drug-likeness (QED) is 0.731. The van der Waals surface area contributed by atoms with E-state index in [1.807, 2.05) is 6.92 Å². The molecule has 0 radical (unpaired) electrons. The van der Waals surface area contributed by atoms with E-state index in [0.29, 0.717) is 5.56 Å². The van der Waals surface area contributed by atoms with Crippen molar-refractivity contribution in [1.82, 2.24) is 0 Å². The summed E-state index contributed by atoms with van der Waals surface area (Å²) in [5, 5.41) is 1.68. The van der Waals surface area contributed by atoms with Crippen molar-refractivity contribution in [3.63, 3.8) is 0 Å². The molecule has 16 heavy (non-hydrogen) atoms. The smallest absolute Gasteiger partial charge is 0.194 e. The number of halogens is 2. The van der Waals surface area contributed by atoms with E-state index in [1.165, 1.54) is 11.3 Å². The molecule has 0 saturated carbocycles. The minimum atomic E-state index is -0.740. The minimum absolute atomic E-state index is 0.0373. The van der Waals surface area contributed by atoms with Gasteiger partial charge in [0.25, 0.3) is 0 Å². The predicted molar refractivity (Wildman–Crippen MR) is 58.8 cm³/mol. The fraction of sp³-hybridized carbons (Fsp3) is 0.0833. The fourth-order valence-corrected chi connectivity index (χ4v) is 2.10. The Bertz CT molecular complexity index is 525. The summed E-state index contributed by atoms with van der Waals surface area (Å²) >= 11 is 1.43. The van der Waals surface area contributed by atoms with Crippen LogP contribution in [-0.2, 0) is 0 Å². The molecule has 0 N–H and O–H groups in total. The van der Waals surface area contributed by atoms with Crippen molar-refractivity contribution in [3.8, 4) is 0 Å². The van der Waals surface area contributed by atoms with E-state index < -0.39 is 11.6 Å². The molecule has 1 heterocycles. The van der Waals surface area contributed by atoms with Gasteiger partial charge in [-0.05, 0) is 25.1 Å². The van der Waals surface area contributed by atoms with Crippen molar-refractivity contribution in [3.05, 3.63) is 57.3 Å². The maximum absolute atomic E-state index is 12.9. The van der Waals surface area contributed by atoms with Crippen molar-refractivity contribution in [2.75, 3.05) is 0 Å².